The zero-order valence-corrected chi connectivity index (χ0v) is 13.6. The van der Waals surface area contributed by atoms with E-state index in [0.29, 0.717) is 17.2 Å². The van der Waals surface area contributed by atoms with Crippen molar-refractivity contribution in [3.8, 4) is 0 Å². The summed E-state index contributed by atoms with van der Waals surface area (Å²) in [6.45, 7) is 11.1. The molecule has 0 aromatic rings. The number of amides is 1. The van der Waals surface area contributed by atoms with E-state index < -0.39 is 0 Å². The largest absolute Gasteiger partial charge is 0.343 e. The van der Waals surface area contributed by atoms with Gasteiger partial charge in [0.25, 0.3) is 0 Å². The Bertz CT molecular complexity index is 315. The molecule has 0 radical (unpaired) electrons. The molecule has 116 valence electrons. The molecule has 2 saturated heterocycles. The number of rotatable bonds is 2. The monoisotopic (exact) mass is 280 g/mol. The van der Waals surface area contributed by atoms with Crippen molar-refractivity contribution in [2.24, 2.45) is 17.3 Å². The summed E-state index contributed by atoms with van der Waals surface area (Å²) >= 11 is 0. The summed E-state index contributed by atoms with van der Waals surface area (Å²) in [6, 6.07) is 0. The molecule has 2 aliphatic heterocycles. The first-order valence-corrected chi connectivity index (χ1v) is 8.45. The van der Waals surface area contributed by atoms with Crippen LogP contribution in [0.2, 0.25) is 0 Å². The van der Waals surface area contributed by atoms with Crippen molar-refractivity contribution in [1.82, 2.24) is 10.2 Å². The Kier molecular flexibility index (Phi) is 5.48. The Morgan fingerprint density at radius 3 is 2.60 bits per heavy atom. The fraction of sp³-hybridized carbons (Fsp3) is 0.941. The Hall–Kier alpha value is -0.570. The third kappa shape index (κ3) is 4.47. The van der Waals surface area contributed by atoms with Gasteiger partial charge in [-0.1, -0.05) is 20.8 Å². The Balaban J connectivity index is 1.81. The first-order valence-electron chi connectivity index (χ1n) is 8.45. The van der Waals surface area contributed by atoms with Crippen LogP contribution >= 0.6 is 0 Å². The molecule has 2 unspecified atom stereocenters. The lowest BCUT2D eigenvalue weighted by molar-refractivity contribution is -0.132. The van der Waals surface area contributed by atoms with E-state index in [2.05, 4.69) is 31.0 Å². The molecule has 3 nitrogen and oxygen atoms in total. The Morgan fingerprint density at radius 2 is 1.95 bits per heavy atom. The summed E-state index contributed by atoms with van der Waals surface area (Å²) in [7, 11) is 0. The molecular formula is C17H32N2O. The second-order valence-electron chi connectivity index (χ2n) is 7.79. The molecule has 0 aromatic carbocycles. The van der Waals surface area contributed by atoms with Crippen LogP contribution in [0.3, 0.4) is 0 Å². The zero-order chi connectivity index (χ0) is 14.6. The van der Waals surface area contributed by atoms with Gasteiger partial charge in [0.05, 0.1) is 0 Å². The van der Waals surface area contributed by atoms with Gasteiger partial charge < -0.3 is 10.2 Å². The number of nitrogens with one attached hydrogen (secondary N) is 1. The minimum atomic E-state index is 0.381. The summed E-state index contributed by atoms with van der Waals surface area (Å²) in [6.07, 6.45) is 6.83. The highest BCUT2D eigenvalue weighted by Crippen LogP contribution is 2.34. The van der Waals surface area contributed by atoms with Gasteiger partial charge >= 0.3 is 0 Å². The maximum atomic E-state index is 12.5. The molecule has 1 N–H and O–H groups in total. The third-order valence-corrected chi connectivity index (χ3v) is 5.17. The molecule has 20 heavy (non-hydrogen) atoms. The molecule has 0 spiro atoms. The molecule has 1 amide bonds. The first-order chi connectivity index (χ1) is 9.47. The fourth-order valence-corrected chi connectivity index (χ4v) is 3.69. The number of nitrogens with zero attached hydrogens (tertiary/aromatic N) is 1. The minimum Gasteiger partial charge on any atom is -0.343 e. The summed E-state index contributed by atoms with van der Waals surface area (Å²) in [5.41, 5.74) is 0.381. The number of hydrogen-bond donors (Lipinski definition) is 1. The minimum absolute atomic E-state index is 0.381. The highest BCUT2D eigenvalue weighted by molar-refractivity contribution is 5.76. The maximum absolute atomic E-state index is 12.5. The van der Waals surface area contributed by atoms with Crippen molar-refractivity contribution in [2.45, 2.75) is 59.3 Å². The van der Waals surface area contributed by atoms with Gasteiger partial charge in [0, 0.05) is 19.5 Å². The topological polar surface area (TPSA) is 32.3 Å². The van der Waals surface area contributed by atoms with Crippen LogP contribution in [0.25, 0.3) is 0 Å². The number of piperidine rings is 1. The molecule has 2 fully saturated rings. The lowest BCUT2D eigenvalue weighted by Crippen LogP contribution is -2.37. The van der Waals surface area contributed by atoms with Crippen molar-refractivity contribution in [3.05, 3.63) is 0 Å². The third-order valence-electron chi connectivity index (χ3n) is 5.17. The maximum Gasteiger partial charge on any atom is 0.222 e. The Morgan fingerprint density at radius 1 is 1.15 bits per heavy atom. The summed E-state index contributed by atoms with van der Waals surface area (Å²) in [5, 5.41) is 3.41. The molecule has 2 atom stereocenters. The predicted octanol–water partition coefficient (Wildman–Crippen LogP) is 3.05. The van der Waals surface area contributed by atoms with Crippen molar-refractivity contribution < 1.29 is 4.79 Å². The quantitative estimate of drug-likeness (QED) is 0.843. The van der Waals surface area contributed by atoms with Crippen LogP contribution in [-0.4, -0.2) is 37.0 Å². The lowest BCUT2D eigenvalue weighted by atomic mass is 9.77. The van der Waals surface area contributed by atoms with Crippen LogP contribution in [0.1, 0.15) is 59.3 Å². The summed E-state index contributed by atoms with van der Waals surface area (Å²) < 4.78 is 0. The number of carbonyl (C=O) groups excluding carboxylic acids is 1. The predicted molar refractivity (Wildman–Crippen MR) is 83.6 cm³/mol. The highest BCUT2D eigenvalue weighted by Gasteiger charge is 2.29. The van der Waals surface area contributed by atoms with Crippen LogP contribution < -0.4 is 5.32 Å². The Labute approximate surface area is 124 Å². The van der Waals surface area contributed by atoms with E-state index in [9.17, 15) is 4.79 Å². The number of hydrogen-bond acceptors (Lipinski definition) is 2. The average Bonchev–Trinajstić information content (AvgIpc) is 2.65. The molecular weight excluding hydrogens is 248 g/mol. The van der Waals surface area contributed by atoms with E-state index in [1.54, 1.807) is 0 Å². The van der Waals surface area contributed by atoms with E-state index >= 15 is 0 Å². The van der Waals surface area contributed by atoms with Crippen molar-refractivity contribution in [3.63, 3.8) is 0 Å². The van der Waals surface area contributed by atoms with Crippen LogP contribution in [-0.2, 0) is 4.79 Å². The van der Waals surface area contributed by atoms with Gasteiger partial charge in [0.1, 0.15) is 0 Å². The zero-order valence-electron chi connectivity index (χ0n) is 13.6. The highest BCUT2D eigenvalue weighted by atomic mass is 16.2. The van der Waals surface area contributed by atoms with Crippen molar-refractivity contribution in [1.29, 1.82) is 0 Å². The SMILES string of the molecule is CC(C)(C)C1CCCN(C(=O)CC2CCCNC2)CC1. The first kappa shape index (κ1) is 15.8. The van der Waals surface area contributed by atoms with Crippen molar-refractivity contribution >= 4 is 5.91 Å². The number of carbonyl (C=O) groups is 1. The van der Waals surface area contributed by atoms with E-state index in [1.165, 1.54) is 32.1 Å². The fourth-order valence-electron chi connectivity index (χ4n) is 3.69. The van der Waals surface area contributed by atoms with Crippen molar-refractivity contribution in [2.75, 3.05) is 26.2 Å². The van der Waals surface area contributed by atoms with Gasteiger partial charge in [-0.2, -0.15) is 0 Å². The van der Waals surface area contributed by atoms with Crippen LogP contribution in [0.5, 0.6) is 0 Å². The molecule has 3 heteroatoms. The smallest absolute Gasteiger partial charge is 0.222 e. The van der Waals surface area contributed by atoms with Gasteiger partial charge in [0.15, 0.2) is 0 Å². The molecule has 2 aliphatic rings. The molecule has 0 saturated carbocycles. The van der Waals surface area contributed by atoms with Gasteiger partial charge in [-0.25, -0.2) is 0 Å². The van der Waals surface area contributed by atoms with Crippen LogP contribution in [0.15, 0.2) is 0 Å². The lowest BCUT2D eigenvalue weighted by Gasteiger charge is -2.30. The van der Waals surface area contributed by atoms with Gasteiger partial charge in [-0.3, -0.25) is 4.79 Å². The molecule has 0 aromatic heterocycles. The molecule has 2 heterocycles. The molecule has 2 rings (SSSR count). The average molecular weight is 280 g/mol. The van der Waals surface area contributed by atoms with Crippen LogP contribution in [0, 0.1) is 17.3 Å². The summed E-state index contributed by atoms with van der Waals surface area (Å²) in [4.78, 5) is 14.6. The summed E-state index contributed by atoms with van der Waals surface area (Å²) in [5.74, 6) is 1.72. The van der Waals surface area contributed by atoms with Crippen LogP contribution in [0.4, 0.5) is 0 Å². The van der Waals surface area contributed by atoms with Gasteiger partial charge in [-0.05, 0) is 62.4 Å². The molecule has 0 bridgehead atoms. The van der Waals surface area contributed by atoms with E-state index in [1.807, 2.05) is 0 Å². The standard InChI is InChI=1S/C17H32N2O/c1-17(2,3)15-7-5-10-19(11-8-15)16(20)12-14-6-4-9-18-13-14/h14-15,18H,4-13H2,1-3H3. The number of likely N-dealkylation sites (tertiary alicyclic amines) is 1. The molecule has 0 aliphatic carbocycles. The second-order valence-corrected chi connectivity index (χ2v) is 7.79. The second kappa shape index (κ2) is 6.93. The normalized spacial score (nSPS) is 29.1. The van der Waals surface area contributed by atoms with Gasteiger partial charge in [0.2, 0.25) is 5.91 Å². The van der Waals surface area contributed by atoms with E-state index in [4.69, 9.17) is 0 Å². The van der Waals surface area contributed by atoms with E-state index in [-0.39, 0.29) is 0 Å². The van der Waals surface area contributed by atoms with Gasteiger partial charge in [-0.15, -0.1) is 0 Å². The van der Waals surface area contributed by atoms with E-state index in [0.717, 1.165) is 38.5 Å².